The highest BCUT2D eigenvalue weighted by atomic mass is 32.2. The molecular formula is C16H18FN3O4S. The zero-order chi connectivity index (χ0) is 17.9. The fourth-order valence-electron chi connectivity index (χ4n) is 2.70. The van der Waals surface area contributed by atoms with Crippen LogP contribution in [0.3, 0.4) is 0 Å². The quantitative estimate of drug-likeness (QED) is 0.802. The number of benzene rings is 1. The van der Waals surface area contributed by atoms with Gasteiger partial charge in [-0.1, -0.05) is 0 Å². The molecule has 2 aromatic rings. The lowest BCUT2D eigenvalue weighted by molar-refractivity contribution is 0.123. The topological polar surface area (TPSA) is 81.6 Å². The first kappa shape index (κ1) is 17.6. The SMILES string of the molecule is COc1ccc(S(=O)(=O)N2CCCC(Oc3cccnn3)C2)cc1F. The molecule has 3 rings (SSSR count). The molecule has 0 bridgehead atoms. The van der Waals surface area contributed by atoms with Crippen LogP contribution in [-0.4, -0.2) is 49.2 Å². The summed E-state index contributed by atoms with van der Waals surface area (Å²) < 4.78 is 51.2. The van der Waals surface area contributed by atoms with Gasteiger partial charge in [0.25, 0.3) is 0 Å². The Morgan fingerprint density at radius 1 is 1.32 bits per heavy atom. The van der Waals surface area contributed by atoms with Gasteiger partial charge in [-0.15, -0.1) is 5.10 Å². The highest BCUT2D eigenvalue weighted by Gasteiger charge is 2.32. The van der Waals surface area contributed by atoms with Crippen LogP contribution in [0, 0.1) is 5.82 Å². The number of nitrogens with zero attached hydrogens (tertiary/aromatic N) is 3. The van der Waals surface area contributed by atoms with Crippen LogP contribution in [0.4, 0.5) is 4.39 Å². The summed E-state index contributed by atoms with van der Waals surface area (Å²) in [5.41, 5.74) is 0. The number of ether oxygens (including phenoxy) is 2. The number of halogens is 1. The van der Waals surface area contributed by atoms with E-state index < -0.39 is 15.8 Å². The van der Waals surface area contributed by atoms with Crippen LogP contribution in [-0.2, 0) is 10.0 Å². The maximum absolute atomic E-state index is 13.9. The van der Waals surface area contributed by atoms with E-state index >= 15 is 0 Å². The summed E-state index contributed by atoms with van der Waals surface area (Å²) in [6.07, 6.45) is 2.55. The Kier molecular flexibility index (Phi) is 5.14. The van der Waals surface area contributed by atoms with Crippen LogP contribution in [0.15, 0.2) is 41.4 Å². The van der Waals surface area contributed by atoms with E-state index in [0.29, 0.717) is 25.3 Å². The number of hydrogen-bond donors (Lipinski definition) is 0. The highest BCUT2D eigenvalue weighted by molar-refractivity contribution is 7.89. The molecular weight excluding hydrogens is 349 g/mol. The van der Waals surface area contributed by atoms with Gasteiger partial charge < -0.3 is 9.47 Å². The van der Waals surface area contributed by atoms with Gasteiger partial charge >= 0.3 is 0 Å². The minimum absolute atomic E-state index is 0.00135. The van der Waals surface area contributed by atoms with E-state index in [2.05, 4.69) is 10.2 Å². The molecule has 1 aromatic heterocycles. The summed E-state index contributed by atoms with van der Waals surface area (Å²) in [7, 11) is -2.49. The minimum Gasteiger partial charge on any atom is -0.494 e. The van der Waals surface area contributed by atoms with Crippen molar-refractivity contribution in [3.05, 3.63) is 42.3 Å². The molecule has 9 heteroatoms. The van der Waals surface area contributed by atoms with Gasteiger partial charge in [0, 0.05) is 18.8 Å². The Bertz CT molecular complexity index is 833. The van der Waals surface area contributed by atoms with E-state index in [4.69, 9.17) is 9.47 Å². The van der Waals surface area contributed by atoms with E-state index in [1.165, 1.54) is 29.7 Å². The zero-order valence-electron chi connectivity index (χ0n) is 13.6. The van der Waals surface area contributed by atoms with Crippen molar-refractivity contribution in [3.63, 3.8) is 0 Å². The molecule has 0 N–H and O–H groups in total. The first-order valence-electron chi connectivity index (χ1n) is 7.79. The van der Waals surface area contributed by atoms with E-state index in [-0.39, 0.29) is 23.3 Å². The van der Waals surface area contributed by atoms with Crippen molar-refractivity contribution in [1.29, 1.82) is 0 Å². The summed E-state index contributed by atoms with van der Waals surface area (Å²) in [4.78, 5) is -0.106. The molecule has 134 valence electrons. The first-order valence-corrected chi connectivity index (χ1v) is 9.23. The zero-order valence-corrected chi connectivity index (χ0v) is 14.4. The second kappa shape index (κ2) is 7.32. The van der Waals surface area contributed by atoms with Gasteiger partial charge in [0.15, 0.2) is 11.6 Å². The lowest BCUT2D eigenvalue weighted by Gasteiger charge is -2.31. The maximum Gasteiger partial charge on any atom is 0.243 e. The lowest BCUT2D eigenvalue weighted by Crippen LogP contribution is -2.44. The summed E-state index contributed by atoms with van der Waals surface area (Å²) in [5.74, 6) is -0.364. The summed E-state index contributed by atoms with van der Waals surface area (Å²) >= 11 is 0. The average Bonchev–Trinajstić information content (AvgIpc) is 2.62. The van der Waals surface area contributed by atoms with Crippen molar-refractivity contribution in [2.75, 3.05) is 20.2 Å². The molecule has 0 radical (unpaired) electrons. The van der Waals surface area contributed by atoms with E-state index in [0.717, 1.165) is 6.07 Å². The monoisotopic (exact) mass is 367 g/mol. The van der Waals surface area contributed by atoms with Gasteiger partial charge in [-0.2, -0.15) is 9.40 Å². The molecule has 7 nitrogen and oxygen atoms in total. The predicted octanol–water partition coefficient (Wildman–Crippen LogP) is 1.86. The second-order valence-corrected chi connectivity index (χ2v) is 7.54. The molecule has 0 saturated carbocycles. The Morgan fingerprint density at radius 2 is 2.16 bits per heavy atom. The van der Waals surface area contributed by atoms with Gasteiger partial charge in [-0.05, 0) is 37.1 Å². The molecule has 25 heavy (non-hydrogen) atoms. The van der Waals surface area contributed by atoms with Crippen molar-refractivity contribution in [2.24, 2.45) is 0 Å². The summed E-state index contributed by atoms with van der Waals surface area (Å²) in [6.45, 7) is 0.531. The molecule has 1 aliphatic heterocycles. The Morgan fingerprint density at radius 3 is 2.84 bits per heavy atom. The van der Waals surface area contributed by atoms with Crippen LogP contribution >= 0.6 is 0 Å². The standard InChI is InChI=1S/C16H18FN3O4S/c1-23-15-7-6-13(10-14(15)17)25(21,22)20-9-3-4-12(11-20)24-16-5-2-8-18-19-16/h2,5-8,10,12H,3-4,9,11H2,1H3. The normalized spacial score (nSPS) is 18.7. The van der Waals surface area contributed by atoms with E-state index in [1.807, 2.05) is 0 Å². The van der Waals surface area contributed by atoms with Crippen molar-refractivity contribution >= 4 is 10.0 Å². The molecule has 2 heterocycles. The number of methoxy groups -OCH3 is 1. The molecule has 1 unspecified atom stereocenters. The maximum atomic E-state index is 13.9. The number of hydrogen-bond acceptors (Lipinski definition) is 6. The third-order valence-electron chi connectivity index (χ3n) is 3.94. The third kappa shape index (κ3) is 3.88. The first-order chi connectivity index (χ1) is 12.0. The third-order valence-corrected chi connectivity index (χ3v) is 5.80. The van der Waals surface area contributed by atoms with Gasteiger partial charge in [-0.3, -0.25) is 0 Å². The van der Waals surface area contributed by atoms with E-state index in [9.17, 15) is 12.8 Å². The number of rotatable bonds is 5. The van der Waals surface area contributed by atoms with Gasteiger partial charge in [-0.25, -0.2) is 12.8 Å². The van der Waals surface area contributed by atoms with Crippen molar-refractivity contribution < 1.29 is 22.3 Å². The molecule has 1 aliphatic rings. The van der Waals surface area contributed by atoms with Crippen molar-refractivity contribution in [2.45, 2.75) is 23.8 Å². The molecule has 1 saturated heterocycles. The molecule has 0 spiro atoms. The Hall–Kier alpha value is -2.26. The van der Waals surface area contributed by atoms with Crippen LogP contribution in [0.2, 0.25) is 0 Å². The largest absolute Gasteiger partial charge is 0.494 e. The molecule has 0 amide bonds. The fourth-order valence-corrected chi connectivity index (χ4v) is 4.22. The summed E-state index contributed by atoms with van der Waals surface area (Å²) in [5, 5.41) is 7.58. The van der Waals surface area contributed by atoms with E-state index in [1.54, 1.807) is 12.1 Å². The molecule has 1 fully saturated rings. The van der Waals surface area contributed by atoms with Gasteiger partial charge in [0.1, 0.15) is 6.10 Å². The van der Waals surface area contributed by atoms with Crippen LogP contribution in [0.25, 0.3) is 0 Å². The van der Waals surface area contributed by atoms with Gasteiger partial charge in [0.05, 0.1) is 18.6 Å². The molecule has 0 aliphatic carbocycles. The number of aromatic nitrogens is 2. The molecule has 1 atom stereocenters. The Balaban J connectivity index is 1.76. The van der Waals surface area contributed by atoms with Crippen molar-refractivity contribution in [1.82, 2.24) is 14.5 Å². The highest BCUT2D eigenvalue weighted by Crippen LogP contribution is 2.26. The lowest BCUT2D eigenvalue weighted by atomic mass is 10.1. The van der Waals surface area contributed by atoms with Crippen LogP contribution in [0.1, 0.15) is 12.8 Å². The second-order valence-electron chi connectivity index (χ2n) is 5.60. The van der Waals surface area contributed by atoms with Crippen LogP contribution in [0.5, 0.6) is 11.6 Å². The van der Waals surface area contributed by atoms with Crippen LogP contribution < -0.4 is 9.47 Å². The van der Waals surface area contributed by atoms with Gasteiger partial charge in [0.2, 0.25) is 15.9 Å². The number of piperidine rings is 1. The molecule has 1 aromatic carbocycles. The Labute approximate surface area is 145 Å². The number of sulfonamides is 1. The van der Waals surface area contributed by atoms with Crippen molar-refractivity contribution in [3.8, 4) is 11.6 Å². The fraction of sp³-hybridized carbons (Fsp3) is 0.375. The summed E-state index contributed by atoms with van der Waals surface area (Å²) in [6, 6.07) is 6.98. The average molecular weight is 367 g/mol. The smallest absolute Gasteiger partial charge is 0.243 e. The minimum atomic E-state index is -3.81. The predicted molar refractivity (Wildman–Crippen MR) is 87.4 cm³/mol.